The molecule has 1 aromatic rings. The number of aromatic nitrogens is 1. The van der Waals surface area contributed by atoms with Gasteiger partial charge in [-0.2, -0.15) is 0 Å². The highest BCUT2D eigenvalue weighted by molar-refractivity contribution is 6.41. The van der Waals surface area contributed by atoms with E-state index in [1.807, 2.05) is 0 Å². The molecule has 0 bridgehead atoms. The van der Waals surface area contributed by atoms with Crippen LogP contribution in [0, 0.1) is 0 Å². The zero-order chi connectivity index (χ0) is 9.84. The van der Waals surface area contributed by atoms with Crippen molar-refractivity contribution in [1.29, 1.82) is 0 Å². The van der Waals surface area contributed by atoms with Gasteiger partial charge in [-0.1, -0.05) is 6.07 Å². The van der Waals surface area contributed by atoms with Gasteiger partial charge in [-0.25, -0.2) is 4.98 Å². The van der Waals surface area contributed by atoms with Gasteiger partial charge in [-0.15, -0.1) is 0 Å². The summed E-state index contributed by atoms with van der Waals surface area (Å²) in [6.45, 7) is 0. The van der Waals surface area contributed by atoms with Crippen LogP contribution in [0.5, 0.6) is 5.88 Å². The molecule has 5 nitrogen and oxygen atoms in total. The standard InChI is InChI=1S/C8H8N2O3/c1-13-6-4-2-3-5(10-6)7(11)8(9)12/h2-4H,1H3,(H2,9,12). The average Bonchev–Trinajstić information content (AvgIpc) is 2.16. The summed E-state index contributed by atoms with van der Waals surface area (Å²) in [5.41, 5.74) is 4.78. The first-order chi connectivity index (χ1) is 6.15. The molecule has 1 aromatic heterocycles. The van der Waals surface area contributed by atoms with Gasteiger partial charge in [0.25, 0.3) is 11.7 Å². The number of Topliss-reactive ketones (excluding diaryl/α,β-unsaturated/α-hetero) is 1. The highest BCUT2D eigenvalue weighted by Crippen LogP contribution is 2.06. The van der Waals surface area contributed by atoms with Gasteiger partial charge >= 0.3 is 0 Å². The lowest BCUT2D eigenvalue weighted by Crippen LogP contribution is -2.23. The van der Waals surface area contributed by atoms with Crippen molar-refractivity contribution < 1.29 is 14.3 Å². The Bertz CT molecular complexity index is 349. The van der Waals surface area contributed by atoms with Crippen molar-refractivity contribution in [3.05, 3.63) is 23.9 Å². The number of amides is 1. The molecule has 0 atom stereocenters. The molecule has 2 N–H and O–H groups in total. The predicted molar refractivity (Wildman–Crippen MR) is 44.3 cm³/mol. The van der Waals surface area contributed by atoms with E-state index >= 15 is 0 Å². The maximum atomic E-state index is 11.0. The van der Waals surface area contributed by atoms with E-state index in [-0.39, 0.29) is 11.6 Å². The maximum absolute atomic E-state index is 11.0. The summed E-state index contributed by atoms with van der Waals surface area (Å²) in [4.78, 5) is 25.3. The molecule has 5 heteroatoms. The zero-order valence-corrected chi connectivity index (χ0v) is 6.98. The van der Waals surface area contributed by atoms with E-state index in [9.17, 15) is 9.59 Å². The number of nitrogens with two attached hydrogens (primary N) is 1. The molecule has 0 aromatic carbocycles. The van der Waals surface area contributed by atoms with Crippen molar-refractivity contribution in [2.24, 2.45) is 5.73 Å². The number of primary amides is 1. The van der Waals surface area contributed by atoms with Crippen LogP contribution in [-0.4, -0.2) is 23.8 Å². The van der Waals surface area contributed by atoms with Gasteiger partial charge in [0.2, 0.25) is 5.88 Å². The Morgan fingerprint density at radius 1 is 1.46 bits per heavy atom. The lowest BCUT2D eigenvalue weighted by Gasteiger charge is -1.99. The number of carbonyl (C=O) groups is 2. The first kappa shape index (κ1) is 9.18. The van der Waals surface area contributed by atoms with Crippen molar-refractivity contribution in [2.45, 2.75) is 0 Å². The van der Waals surface area contributed by atoms with Crippen molar-refractivity contribution in [3.63, 3.8) is 0 Å². The first-order valence-corrected chi connectivity index (χ1v) is 3.50. The number of hydrogen-bond acceptors (Lipinski definition) is 4. The van der Waals surface area contributed by atoms with Crippen LogP contribution >= 0.6 is 0 Å². The average molecular weight is 180 g/mol. The van der Waals surface area contributed by atoms with Crippen LogP contribution < -0.4 is 10.5 Å². The zero-order valence-electron chi connectivity index (χ0n) is 6.98. The summed E-state index contributed by atoms with van der Waals surface area (Å²) >= 11 is 0. The van der Waals surface area contributed by atoms with Crippen LogP contribution in [0.2, 0.25) is 0 Å². The van der Waals surface area contributed by atoms with E-state index in [4.69, 9.17) is 10.5 Å². The van der Waals surface area contributed by atoms with Crippen LogP contribution in [0.15, 0.2) is 18.2 Å². The molecule has 68 valence electrons. The Kier molecular flexibility index (Phi) is 2.59. The van der Waals surface area contributed by atoms with E-state index in [0.29, 0.717) is 0 Å². The van der Waals surface area contributed by atoms with Crippen LogP contribution in [0.4, 0.5) is 0 Å². The maximum Gasteiger partial charge on any atom is 0.291 e. The van der Waals surface area contributed by atoms with E-state index in [1.165, 1.54) is 13.2 Å². The van der Waals surface area contributed by atoms with Crippen molar-refractivity contribution in [3.8, 4) is 5.88 Å². The third-order valence-corrected chi connectivity index (χ3v) is 1.39. The number of ether oxygens (including phenoxy) is 1. The van der Waals surface area contributed by atoms with Gasteiger partial charge in [0.1, 0.15) is 5.69 Å². The molecule has 0 fully saturated rings. The molecule has 0 unspecified atom stereocenters. The molecule has 0 saturated heterocycles. The Hall–Kier alpha value is -1.91. The van der Waals surface area contributed by atoms with Crippen LogP contribution in [0.1, 0.15) is 10.5 Å². The van der Waals surface area contributed by atoms with Crippen molar-refractivity contribution in [1.82, 2.24) is 4.98 Å². The van der Waals surface area contributed by atoms with Gasteiger partial charge in [-0.05, 0) is 6.07 Å². The fraction of sp³-hybridized carbons (Fsp3) is 0.125. The Morgan fingerprint density at radius 3 is 2.69 bits per heavy atom. The summed E-state index contributed by atoms with van der Waals surface area (Å²) in [5.74, 6) is -1.58. The van der Waals surface area contributed by atoms with E-state index in [2.05, 4.69) is 4.98 Å². The summed E-state index contributed by atoms with van der Waals surface area (Å²) in [6.07, 6.45) is 0. The molecule has 0 aliphatic carbocycles. The second-order valence-corrected chi connectivity index (χ2v) is 2.26. The molecule has 1 heterocycles. The van der Waals surface area contributed by atoms with Crippen molar-refractivity contribution in [2.75, 3.05) is 7.11 Å². The second kappa shape index (κ2) is 3.66. The number of pyridine rings is 1. The third kappa shape index (κ3) is 2.02. The van der Waals surface area contributed by atoms with Gasteiger partial charge in [0.15, 0.2) is 0 Å². The molecular formula is C8H8N2O3. The van der Waals surface area contributed by atoms with E-state index in [0.717, 1.165) is 0 Å². The van der Waals surface area contributed by atoms with E-state index in [1.54, 1.807) is 12.1 Å². The predicted octanol–water partition coefficient (Wildman–Crippen LogP) is -0.242. The summed E-state index contributed by atoms with van der Waals surface area (Å²) < 4.78 is 4.77. The van der Waals surface area contributed by atoms with E-state index < -0.39 is 11.7 Å². The minimum Gasteiger partial charge on any atom is -0.481 e. The number of carbonyl (C=O) groups excluding carboxylic acids is 2. The van der Waals surface area contributed by atoms with Crippen LogP contribution in [0.3, 0.4) is 0 Å². The van der Waals surface area contributed by atoms with Crippen LogP contribution in [-0.2, 0) is 4.79 Å². The minimum atomic E-state index is -1.03. The lowest BCUT2D eigenvalue weighted by molar-refractivity contribution is -0.114. The molecule has 0 spiro atoms. The second-order valence-electron chi connectivity index (χ2n) is 2.26. The highest BCUT2D eigenvalue weighted by atomic mass is 16.5. The molecule has 1 amide bonds. The molecule has 1 rings (SSSR count). The highest BCUT2D eigenvalue weighted by Gasteiger charge is 2.13. The lowest BCUT2D eigenvalue weighted by atomic mass is 10.2. The number of hydrogen-bond donors (Lipinski definition) is 1. The SMILES string of the molecule is COc1cccc(C(=O)C(N)=O)n1. The Labute approximate surface area is 74.5 Å². The van der Waals surface area contributed by atoms with Gasteiger partial charge < -0.3 is 10.5 Å². The molecule has 0 saturated carbocycles. The molecule has 13 heavy (non-hydrogen) atoms. The molecule has 0 aliphatic rings. The molecule has 0 aliphatic heterocycles. The topological polar surface area (TPSA) is 82.3 Å². The minimum absolute atomic E-state index is 0.00755. The quantitative estimate of drug-likeness (QED) is 0.514. The largest absolute Gasteiger partial charge is 0.481 e. The third-order valence-electron chi connectivity index (χ3n) is 1.39. The fourth-order valence-electron chi connectivity index (χ4n) is 0.781. The van der Waals surface area contributed by atoms with Gasteiger partial charge in [0, 0.05) is 6.07 Å². The first-order valence-electron chi connectivity index (χ1n) is 3.50. The Balaban J connectivity index is 3.02. The number of ketones is 1. The summed E-state index contributed by atoms with van der Waals surface area (Å²) in [5, 5.41) is 0. The summed E-state index contributed by atoms with van der Waals surface area (Å²) in [6, 6.07) is 4.52. The molecule has 0 radical (unpaired) electrons. The van der Waals surface area contributed by atoms with Crippen molar-refractivity contribution >= 4 is 11.7 Å². The van der Waals surface area contributed by atoms with Crippen LogP contribution in [0.25, 0.3) is 0 Å². The number of rotatable bonds is 3. The monoisotopic (exact) mass is 180 g/mol. The number of nitrogens with zero attached hydrogens (tertiary/aromatic N) is 1. The summed E-state index contributed by atoms with van der Waals surface area (Å²) in [7, 11) is 1.42. The fourth-order valence-corrected chi connectivity index (χ4v) is 0.781. The molecular weight excluding hydrogens is 172 g/mol. The Morgan fingerprint density at radius 2 is 2.15 bits per heavy atom. The smallest absolute Gasteiger partial charge is 0.291 e. The number of methoxy groups -OCH3 is 1. The van der Waals surface area contributed by atoms with Gasteiger partial charge in [-0.3, -0.25) is 9.59 Å². The van der Waals surface area contributed by atoms with Gasteiger partial charge in [0.05, 0.1) is 7.11 Å². The normalized spacial score (nSPS) is 9.31.